The number of nitrogens with one attached hydrogen (secondary N) is 2. The van der Waals surface area contributed by atoms with Crippen molar-refractivity contribution in [3.05, 3.63) is 40.6 Å². The lowest BCUT2D eigenvalue weighted by molar-refractivity contribution is -0.384. The van der Waals surface area contributed by atoms with Crippen molar-refractivity contribution in [2.45, 2.75) is 5.16 Å². The number of aliphatic carboxylic acids is 1. The summed E-state index contributed by atoms with van der Waals surface area (Å²) in [5.74, 6) is -0.834. The van der Waals surface area contributed by atoms with E-state index in [1.807, 2.05) is 0 Å². The molecule has 0 unspecified atom stereocenters. The number of H-pyrrole nitrogens is 2. The van der Waals surface area contributed by atoms with E-state index >= 15 is 0 Å². The quantitative estimate of drug-likeness (QED) is 0.348. The first kappa shape index (κ1) is 15.7. The summed E-state index contributed by atoms with van der Waals surface area (Å²) in [4.78, 5) is 24.1. The van der Waals surface area contributed by atoms with Crippen LogP contribution in [0.15, 0.2) is 35.6 Å². The Labute approximate surface area is 138 Å². The number of carboxylic acid groups (broad SMARTS) is 1. The number of aromatic amines is 2. The summed E-state index contributed by atoms with van der Waals surface area (Å²) in [7, 11) is 0. The Balaban J connectivity index is 1.98. The third-order valence-corrected chi connectivity index (χ3v) is 3.85. The van der Waals surface area contributed by atoms with Gasteiger partial charge >= 0.3 is 5.97 Å². The first-order valence-corrected chi connectivity index (χ1v) is 7.59. The number of nitrogens with zero attached hydrogens (tertiary/aromatic N) is 4. The molecule has 0 bridgehead atoms. The number of thioether (sulfide) groups is 1. The summed E-state index contributed by atoms with van der Waals surface area (Å²) in [5, 5.41) is 34.6. The molecule has 24 heavy (non-hydrogen) atoms. The van der Waals surface area contributed by atoms with Crippen molar-refractivity contribution in [1.29, 1.82) is 0 Å². The fraction of sp³-hybridized carbons (Fsp3) is 0.0769. The van der Waals surface area contributed by atoms with Gasteiger partial charge in [-0.05, 0) is 12.1 Å². The van der Waals surface area contributed by atoms with Crippen molar-refractivity contribution in [2.24, 2.45) is 0 Å². The van der Waals surface area contributed by atoms with E-state index in [9.17, 15) is 14.9 Å². The van der Waals surface area contributed by atoms with Crippen LogP contribution in [0.2, 0.25) is 0 Å². The van der Waals surface area contributed by atoms with Crippen LogP contribution in [-0.2, 0) is 4.79 Å². The van der Waals surface area contributed by atoms with Crippen LogP contribution in [0.3, 0.4) is 0 Å². The van der Waals surface area contributed by atoms with Crippen molar-refractivity contribution in [1.82, 2.24) is 25.4 Å². The molecule has 3 rings (SSSR count). The highest BCUT2D eigenvalue weighted by molar-refractivity contribution is 7.99. The first-order chi connectivity index (χ1) is 11.5. The minimum atomic E-state index is -0.978. The van der Waals surface area contributed by atoms with E-state index < -0.39 is 10.9 Å². The number of nitro benzene ring substituents is 1. The smallest absolute Gasteiger partial charge is 0.313 e. The van der Waals surface area contributed by atoms with E-state index in [0.29, 0.717) is 27.8 Å². The standard InChI is InChI=1S/C13H10N6O4S/c20-11(21)6-24-13-15-12(17-18-13)8-3-7(10-1-2-14-16-10)4-9(5-8)19(22)23/h1-5H,6H2,(H,14,16)(H,20,21)(H,15,17,18). The van der Waals surface area contributed by atoms with Gasteiger partial charge < -0.3 is 10.1 Å². The third kappa shape index (κ3) is 3.41. The first-order valence-electron chi connectivity index (χ1n) is 6.60. The molecule has 2 aromatic heterocycles. The van der Waals surface area contributed by atoms with Crippen LogP contribution in [0, 0.1) is 10.1 Å². The molecule has 0 aliphatic rings. The van der Waals surface area contributed by atoms with Crippen LogP contribution in [0.4, 0.5) is 5.69 Å². The summed E-state index contributed by atoms with van der Waals surface area (Å²) >= 11 is 0.977. The van der Waals surface area contributed by atoms with E-state index in [-0.39, 0.29) is 11.4 Å². The average molecular weight is 346 g/mol. The molecule has 10 nitrogen and oxygen atoms in total. The largest absolute Gasteiger partial charge is 0.481 e. The minimum Gasteiger partial charge on any atom is -0.481 e. The monoisotopic (exact) mass is 346 g/mol. The molecule has 11 heteroatoms. The van der Waals surface area contributed by atoms with Gasteiger partial charge in [-0.1, -0.05) is 11.8 Å². The molecule has 0 atom stereocenters. The summed E-state index contributed by atoms with van der Waals surface area (Å²) in [6.45, 7) is 0. The number of carboxylic acids is 1. The predicted molar refractivity (Wildman–Crippen MR) is 84.4 cm³/mol. The summed E-state index contributed by atoms with van der Waals surface area (Å²) < 4.78 is 0. The molecular weight excluding hydrogens is 336 g/mol. The Morgan fingerprint density at radius 3 is 2.75 bits per heavy atom. The fourth-order valence-electron chi connectivity index (χ4n) is 1.99. The van der Waals surface area contributed by atoms with Crippen molar-refractivity contribution in [2.75, 3.05) is 5.75 Å². The Morgan fingerprint density at radius 2 is 2.08 bits per heavy atom. The minimum absolute atomic E-state index is 0.110. The summed E-state index contributed by atoms with van der Waals surface area (Å²) in [6, 6.07) is 6.16. The molecule has 0 radical (unpaired) electrons. The maximum atomic E-state index is 11.2. The lowest BCUT2D eigenvalue weighted by atomic mass is 10.1. The Hall–Kier alpha value is -3.21. The number of hydrogen-bond acceptors (Lipinski definition) is 7. The second-order valence-corrected chi connectivity index (χ2v) is 5.61. The van der Waals surface area contributed by atoms with Gasteiger partial charge in [-0.15, -0.1) is 10.2 Å². The van der Waals surface area contributed by atoms with Gasteiger partial charge in [0.15, 0.2) is 11.0 Å². The maximum absolute atomic E-state index is 11.2. The molecule has 3 aromatic rings. The molecule has 0 saturated carbocycles. The SMILES string of the molecule is O=C(O)CSc1nnc(-c2cc(-c3cc[nH]n3)cc([N+](=O)[O-])c2)[nH]1. The van der Waals surface area contributed by atoms with Gasteiger partial charge in [0.05, 0.1) is 16.4 Å². The number of hydrogen-bond donors (Lipinski definition) is 3. The van der Waals surface area contributed by atoms with Crippen LogP contribution >= 0.6 is 11.8 Å². The average Bonchev–Trinajstić information content (AvgIpc) is 3.24. The van der Waals surface area contributed by atoms with Gasteiger partial charge in [-0.25, -0.2) is 0 Å². The highest BCUT2D eigenvalue weighted by Gasteiger charge is 2.16. The zero-order valence-corrected chi connectivity index (χ0v) is 12.8. The molecule has 0 amide bonds. The molecule has 122 valence electrons. The normalized spacial score (nSPS) is 10.7. The molecule has 0 saturated heterocycles. The number of non-ortho nitro benzene ring substituents is 1. The molecule has 1 aromatic carbocycles. The van der Waals surface area contributed by atoms with Crippen molar-refractivity contribution in [3.63, 3.8) is 0 Å². The van der Waals surface area contributed by atoms with Crippen molar-refractivity contribution >= 4 is 23.4 Å². The number of nitro groups is 1. The fourth-order valence-corrected chi connectivity index (χ4v) is 2.52. The third-order valence-electron chi connectivity index (χ3n) is 3.00. The van der Waals surface area contributed by atoms with Crippen LogP contribution in [-0.4, -0.2) is 47.1 Å². The van der Waals surface area contributed by atoms with E-state index in [0.717, 1.165) is 11.8 Å². The molecule has 2 heterocycles. The van der Waals surface area contributed by atoms with E-state index in [4.69, 9.17) is 5.11 Å². The summed E-state index contributed by atoms with van der Waals surface area (Å²) in [6.07, 6.45) is 1.61. The van der Waals surface area contributed by atoms with Crippen molar-refractivity contribution < 1.29 is 14.8 Å². The predicted octanol–water partition coefficient (Wildman–Crippen LogP) is 1.95. The topological polar surface area (TPSA) is 151 Å². The number of rotatable bonds is 6. The zero-order valence-electron chi connectivity index (χ0n) is 12.0. The number of carbonyl (C=O) groups is 1. The molecular formula is C13H10N6O4S. The van der Waals surface area contributed by atoms with Gasteiger partial charge in [0, 0.05) is 29.5 Å². The molecule has 0 aliphatic carbocycles. The van der Waals surface area contributed by atoms with Gasteiger partial charge in [0.25, 0.3) is 5.69 Å². The zero-order chi connectivity index (χ0) is 17.1. The van der Waals surface area contributed by atoms with Crippen LogP contribution in [0.5, 0.6) is 0 Å². The highest BCUT2D eigenvalue weighted by Crippen LogP contribution is 2.29. The Bertz CT molecular complexity index is 892. The Kier molecular flexibility index (Phi) is 4.24. The van der Waals surface area contributed by atoms with E-state index in [1.165, 1.54) is 12.1 Å². The van der Waals surface area contributed by atoms with Gasteiger partial charge in [-0.3, -0.25) is 20.0 Å². The van der Waals surface area contributed by atoms with Gasteiger partial charge in [0.2, 0.25) is 0 Å². The van der Waals surface area contributed by atoms with Crippen molar-refractivity contribution in [3.8, 4) is 22.6 Å². The van der Waals surface area contributed by atoms with Crippen LogP contribution in [0.1, 0.15) is 0 Å². The van der Waals surface area contributed by atoms with Crippen LogP contribution < -0.4 is 0 Å². The lowest BCUT2D eigenvalue weighted by Gasteiger charge is -2.02. The van der Waals surface area contributed by atoms with Gasteiger partial charge in [0.1, 0.15) is 0 Å². The highest BCUT2D eigenvalue weighted by atomic mass is 32.2. The van der Waals surface area contributed by atoms with Gasteiger partial charge in [-0.2, -0.15) is 5.10 Å². The van der Waals surface area contributed by atoms with Crippen LogP contribution in [0.25, 0.3) is 22.6 Å². The molecule has 0 fully saturated rings. The maximum Gasteiger partial charge on any atom is 0.313 e. The Morgan fingerprint density at radius 1 is 1.29 bits per heavy atom. The molecule has 0 aliphatic heterocycles. The second kappa shape index (κ2) is 6.50. The number of benzene rings is 1. The van der Waals surface area contributed by atoms with E-state index in [1.54, 1.807) is 18.3 Å². The lowest BCUT2D eigenvalue weighted by Crippen LogP contribution is -1.97. The van der Waals surface area contributed by atoms with E-state index in [2.05, 4.69) is 25.4 Å². The second-order valence-electron chi connectivity index (χ2n) is 4.65. The molecule has 0 spiro atoms. The number of aromatic nitrogens is 5. The summed E-state index contributed by atoms with van der Waals surface area (Å²) in [5.41, 5.74) is 1.45. The molecule has 3 N–H and O–H groups in total.